The first-order chi connectivity index (χ1) is 9.69. The maximum Gasteiger partial charge on any atom is 0.137 e. The Kier molecular flexibility index (Phi) is 3.59. The van der Waals surface area contributed by atoms with E-state index in [0.717, 1.165) is 27.8 Å². The van der Waals surface area contributed by atoms with Crippen LogP contribution in [0.15, 0.2) is 47.1 Å². The van der Waals surface area contributed by atoms with Crippen molar-refractivity contribution in [3.05, 3.63) is 58.3 Å². The molecule has 2 aromatic heterocycles. The lowest BCUT2D eigenvalue weighted by Gasteiger charge is -2.04. The summed E-state index contributed by atoms with van der Waals surface area (Å²) in [4.78, 5) is 4.76. The zero-order chi connectivity index (χ0) is 14.1. The first-order valence-corrected chi connectivity index (χ1v) is 7.42. The molecule has 0 fully saturated rings. The van der Waals surface area contributed by atoms with Crippen LogP contribution >= 0.6 is 15.9 Å². The van der Waals surface area contributed by atoms with Gasteiger partial charge in [-0.15, -0.1) is 0 Å². The third kappa shape index (κ3) is 2.37. The maximum atomic E-state index is 5.77. The van der Waals surface area contributed by atoms with Gasteiger partial charge in [0.2, 0.25) is 0 Å². The Morgan fingerprint density at radius 1 is 1.15 bits per heavy atom. The van der Waals surface area contributed by atoms with Crippen LogP contribution in [-0.2, 0) is 6.42 Å². The number of aryl methyl sites for hydroxylation is 1. The second kappa shape index (κ2) is 5.38. The second-order valence-electron chi connectivity index (χ2n) is 4.89. The molecule has 4 heteroatoms. The number of imidazole rings is 1. The summed E-state index contributed by atoms with van der Waals surface area (Å²) in [5.41, 5.74) is 11.3. The number of aromatic nitrogens is 2. The first kappa shape index (κ1) is 13.3. The Bertz CT molecular complexity index is 744. The van der Waals surface area contributed by atoms with Gasteiger partial charge in [-0.25, -0.2) is 4.98 Å². The topological polar surface area (TPSA) is 43.3 Å². The van der Waals surface area contributed by atoms with Gasteiger partial charge in [-0.05, 0) is 37.2 Å². The standard InChI is InChI=1S/C16H16BrN3/c1-11-2-7-15-19-16(12-3-5-13(17)6-4-12)14(8-9-18)20(15)10-11/h2-7,10H,8-9,18H2,1H3. The predicted octanol–water partition coefficient (Wildman–Crippen LogP) is 3.57. The normalized spacial score (nSPS) is 11.2. The van der Waals surface area contributed by atoms with Gasteiger partial charge in [-0.1, -0.05) is 34.1 Å². The van der Waals surface area contributed by atoms with Gasteiger partial charge in [0, 0.05) is 22.7 Å². The highest BCUT2D eigenvalue weighted by Gasteiger charge is 2.13. The Hall–Kier alpha value is -1.65. The van der Waals surface area contributed by atoms with Crippen molar-refractivity contribution in [2.45, 2.75) is 13.3 Å². The number of fused-ring (bicyclic) bond motifs is 1. The minimum atomic E-state index is 0.616. The van der Waals surface area contributed by atoms with Crippen molar-refractivity contribution in [3.8, 4) is 11.3 Å². The van der Waals surface area contributed by atoms with E-state index < -0.39 is 0 Å². The quantitative estimate of drug-likeness (QED) is 0.798. The van der Waals surface area contributed by atoms with Gasteiger partial charge in [0.1, 0.15) is 5.65 Å². The van der Waals surface area contributed by atoms with E-state index in [0.29, 0.717) is 6.54 Å². The van der Waals surface area contributed by atoms with Gasteiger partial charge in [0.25, 0.3) is 0 Å². The third-order valence-electron chi connectivity index (χ3n) is 3.36. The molecular weight excluding hydrogens is 314 g/mol. The fraction of sp³-hybridized carbons (Fsp3) is 0.188. The molecule has 0 unspecified atom stereocenters. The van der Waals surface area contributed by atoms with Crippen LogP contribution in [0.3, 0.4) is 0 Å². The summed E-state index contributed by atoms with van der Waals surface area (Å²) in [6.07, 6.45) is 2.94. The highest BCUT2D eigenvalue weighted by Crippen LogP contribution is 2.26. The molecule has 0 saturated carbocycles. The highest BCUT2D eigenvalue weighted by atomic mass is 79.9. The van der Waals surface area contributed by atoms with Crippen molar-refractivity contribution in [2.24, 2.45) is 5.73 Å². The van der Waals surface area contributed by atoms with E-state index in [4.69, 9.17) is 10.7 Å². The van der Waals surface area contributed by atoms with E-state index in [9.17, 15) is 0 Å². The van der Waals surface area contributed by atoms with E-state index in [1.165, 1.54) is 11.3 Å². The average Bonchev–Trinajstić information content (AvgIpc) is 2.79. The molecule has 0 atom stereocenters. The molecule has 1 aromatic carbocycles. The van der Waals surface area contributed by atoms with Gasteiger partial charge in [0.15, 0.2) is 0 Å². The summed E-state index contributed by atoms with van der Waals surface area (Å²) in [5.74, 6) is 0. The summed E-state index contributed by atoms with van der Waals surface area (Å²) < 4.78 is 3.22. The van der Waals surface area contributed by atoms with Gasteiger partial charge in [0.05, 0.1) is 11.4 Å². The van der Waals surface area contributed by atoms with Crippen LogP contribution in [0.25, 0.3) is 16.9 Å². The highest BCUT2D eigenvalue weighted by molar-refractivity contribution is 9.10. The molecule has 3 aromatic rings. The largest absolute Gasteiger partial charge is 0.330 e. The van der Waals surface area contributed by atoms with Crippen molar-refractivity contribution >= 4 is 21.6 Å². The SMILES string of the molecule is Cc1ccc2nc(-c3ccc(Br)cc3)c(CCN)n2c1. The molecule has 0 aliphatic heterocycles. The monoisotopic (exact) mass is 329 g/mol. The minimum Gasteiger partial charge on any atom is -0.330 e. The van der Waals surface area contributed by atoms with Crippen LogP contribution in [0.5, 0.6) is 0 Å². The molecule has 20 heavy (non-hydrogen) atoms. The molecule has 0 aliphatic rings. The first-order valence-electron chi connectivity index (χ1n) is 6.62. The zero-order valence-electron chi connectivity index (χ0n) is 11.3. The lowest BCUT2D eigenvalue weighted by molar-refractivity contribution is 0.904. The molecule has 0 radical (unpaired) electrons. The number of nitrogens with zero attached hydrogens (tertiary/aromatic N) is 2. The van der Waals surface area contributed by atoms with E-state index in [1.807, 2.05) is 12.1 Å². The fourth-order valence-electron chi connectivity index (χ4n) is 2.41. The van der Waals surface area contributed by atoms with Gasteiger partial charge in [-0.2, -0.15) is 0 Å². The smallest absolute Gasteiger partial charge is 0.137 e. The van der Waals surface area contributed by atoms with Crippen LogP contribution in [0.4, 0.5) is 0 Å². The third-order valence-corrected chi connectivity index (χ3v) is 3.89. The Balaban J connectivity index is 2.23. The molecule has 0 aliphatic carbocycles. The molecule has 0 bridgehead atoms. The molecule has 0 amide bonds. The Labute approximate surface area is 126 Å². The van der Waals surface area contributed by atoms with Crippen LogP contribution in [0, 0.1) is 6.92 Å². The number of pyridine rings is 1. The Morgan fingerprint density at radius 3 is 2.60 bits per heavy atom. The maximum absolute atomic E-state index is 5.77. The number of hydrogen-bond acceptors (Lipinski definition) is 2. The van der Waals surface area contributed by atoms with Crippen LogP contribution in [0.1, 0.15) is 11.3 Å². The van der Waals surface area contributed by atoms with E-state index >= 15 is 0 Å². The molecule has 0 spiro atoms. The lowest BCUT2D eigenvalue weighted by atomic mass is 10.1. The molecular formula is C16H16BrN3. The predicted molar refractivity (Wildman–Crippen MR) is 85.8 cm³/mol. The fourth-order valence-corrected chi connectivity index (χ4v) is 2.68. The van der Waals surface area contributed by atoms with Crippen molar-refractivity contribution in [1.82, 2.24) is 9.38 Å². The summed E-state index contributed by atoms with van der Waals surface area (Å²) in [6.45, 7) is 2.70. The van der Waals surface area contributed by atoms with Crippen molar-refractivity contribution in [2.75, 3.05) is 6.54 Å². The van der Waals surface area contributed by atoms with E-state index in [1.54, 1.807) is 0 Å². The number of nitrogens with two attached hydrogens (primary N) is 1. The van der Waals surface area contributed by atoms with Gasteiger partial charge >= 0.3 is 0 Å². The molecule has 3 nitrogen and oxygen atoms in total. The van der Waals surface area contributed by atoms with Crippen LogP contribution < -0.4 is 5.73 Å². The van der Waals surface area contributed by atoms with E-state index in [2.05, 4.69) is 57.7 Å². The molecule has 102 valence electrons. The average molecular weight is 330 g/mol. The van der Waals surface area contributed by atoms with Crippen LogP contribution in [0.2, 0.25) is 0 Å². The minimum absolute atomic E-state index is 0.616. The summed E-state index contributed by atoms with van der Waals surface area (Å²) in [5, 5.41) is 0. The summed E-state index contributed by atoms with van der Waals surface area (Å²) in [6, 6.07) is 12.4. The Morgan fingerprint density at radius 2 is 1.90 bits per heavy atom. The number of halogens is 1. The zero-order valence-corrected chi connectivity index (χ0v) is 12.9. The lowest BCUT2D eigenvalue weighted by Crippen LogP contribution is -2.06. The van der Waals surface area contributed by atoms with Gasteiger partial charge < -0.3 is 10.1 Å². The number of hydrogen-bond donors (Lipinski definition) is 1. The second-order valence-corrected chi connectivity index (χ2v) is 5.80. The molecule has 0 saturated heterocycles. The van der Waals surface area contributed by atoms with E-state index in [-0.39, 0.29) is 0 Å². The molecule has 2 heterocycles. The number of benzene rings is 1. The summed E-state index contributed by atoms with van der Waals surface area (Å²) >= 11 is 3.47. The summed E-state index contributed by atoms with van der Waals surface area (Å²) in [7, 11) is 0. The van der Waals surface area contributed by atoms with Gasteiger partial charge in [-0.3, -0.25) is 0 Å². The van der Waals surface area contributed by atoms with Crippen LogP contribution in [-0.4, -0.2) is 15.9 Å². The van der Waals surface area contributed by atoms with Crippen molar-refractivity contribution in [1.29, 1.82) is 0 Å². The van der Waals surface area contributed by atoms with Crippen molar-refractivity contribution < 1.29 is 0 Å². The molecule has 2 N–H and O–H groups in total. The van der Waals surface area contributed by atoms with Crippen molar-refractivity contribution in [3.63, 3.8) is 0 Å². The molecule has 3 rings (SSSR count). The number of rotatable bonds is 3.